The van der Waals surface area contributed by atoms with Gasteiger partial charge in [-0.15, -0.1) is 0 Å². The third-order valence-electron chi connectivity index (χ3n) is 3.40. The van der Waals surface area contributed by atoms with Gasteiger partial charge in [0.25, 0.3) is 5.91 Å². The lowest BCUT2D eigenvalue weighted by molar-refractivity contribution is -0.132. The highest BCUT2D eigenvalue weighted by atomic mass is 16.5. The largest absolute Gasteiger partial charge is 0.382 e. The van der Waals surface area contributed by atoms with Crippen LogP contribution < -0.4 is 5.32 Å². The van der Waals surface area contributed by atoms with Gasteiger partial charge in [0, 0.05) is 7.11 Å². The number of nitrogens with zero attached hydrogens (tertiary/aromatic N) is 1. The molecule has 1 atom stereocenters. The Kier molecular flexibility index (Phi) is 3.81. The fraction of sp³-hybridized carbons (Fsp3) is 0.467. The predicted molar refractivity (Wildman–Crippen MR) is 75.3 cm³/mol. The van der Waals surface area contributed by atoms with E-state index in [2.05, 4.69) is 11.4 Å². The number of hydrogen-bond donors (Lipinski definition) is 1. The summed E-state index contributed by atoms with van der Waals surface area (Å²) in [6.45, 7) is 6.13. The number of benzene rings is 1. The van der Waals surface area contributed by atoms with Crippen molar-refractivity contribution in [3.05, 3.63) is 34.9 Å². The van der Waals surface area contributed by atoms with Crippen LogP contribution in [0.4, 0.5) is 4.79 Å². The van der Waals surface area contributed by atoms with E-state index in [1.54, 1.807) is 6.92 Å². The second-order valence-corrected chi connectivity index (χ2v) is 5.58. The molecule has 0 spiro atoms. The van der Waals surface area contributed by atoms with Crippen LogP contribution in [0.3, 0.4) is 0 Å². The molecule has 3 amide bonds. The molecule has 1 aromatic carbocycles. The maximum atomic E-state index is 12.4. The maximum Gasteiger partial charge on any atom is 0.325 e. The Labute approximate surface area is 118 Å². The SMILES string of the molecule is COCC1(C)NC(=O)N(Cc2cc(C)cc(C)c2)C1=O. The number of hydrogen-bond acceptors (Lipinski definition) is 3. The molecule has 1 saturated heterocycles. The van der Waals surface area contributed by atoms with Crippen molar-refractivity contribution >= 4 is 11.9 Å². The van der Waals surface area contributed by atoms with Crippen LogP contribution in [0.2, 0.25) is 0 Å². The van der Waals surface area contributed by atoms with E-state index in [9.17, 15) is 9.59 Å². The van der Waals surface area contributed by atoms with Gasteiger partial charge in [-0.25, -0.2) is 4.79 Å². The van der Waals surface area contributed by atoms with Crippen molar-refractivity contribution in [2.75, 3.05) is 13.7 Å². The van der Waals surface area contributed by atoms with Gasteiger partial charge < -0.3 is 10.1 Å². The van der Waals surface area contributed by atoms with Crippen molar-refractivity contribution in [2.45, 2.75) is 32.9 Å². The average Bonchev–Trinajstić information content (AvgIpc) is 2.52. The Morgan fingerprint density at radius 3 is 2.35 bits per heavy atom. The number of carbonyl (C=O) groups excluding carboxylic acids is 2. The van der Waals surface area contributed by atoms with Crippen LogP contribution in [0.15, 0.2) is 18.2 Å². The molecule has 0 bridgehead atoms. The molecule has 1 aliphatic heterocycles. The number of imide groups is 1. The Bertz CT molecular complexity index is 536. The predicted octanol–water partition coefficient (Wildman–Crippen LogP) is 1.76. The Balaban J connectivity index is 2.21. The summed E-state index contributed by atoms with van der Waals surface area (Å²) in [7, 11) is 1.51. The van der Waals surface area contributed by atoms with Crippen molar-refractivity contribution in [2.24, 2.45) is 0 Å². The number of aryl methyl sites for hydroxylation is 2. The number of methoxy groups -OCH3 is 1. The molecule has 1 unspecified atom stereocenters. The van der Waals surface area contributed by atoms with Crippen LogP contribution in [-0.4, -0.2) is 36.1 Å². The van der Waals surface area contributed by atoms with Crippen LogP contribution in [0.5, 0.6) is 0 Å². The number of urea groups is 1. The quantitative estimate of drug-likeness (QED) is 0.852. The summed E-state index contributed by atoms with van der Waals surface area (Å²) in [5, 5.41) is 2.69. The zero-order chi connectivity index (χ0) is 14.9. The fourth-order valence-corrected chi connectivity index (χ4v) is 2.62. The van der Waals surface area contributed by atoms with Gasteiger partial charge in [-0.05, 0) is 26.3 Å². The molecule has 0 saturated carbocycles. The molecule has 1 N–H and O–H groups in total. The molecule has 0 aromatic heterocycles. The molecule has 5 heteroatoms. The second-order valence-electron chi connectivity index (χ2n) is 5.58. The first kappa shape index (κ1) is 14.5. The van der Waals surface area contributed by atoms with E-state index in [4.69, 9.17) is 4.74 Å². The lowest BCUT2D eigenvalue weighted by Gasteiger charge is -2.20. The summed E-state index contributed by atoms with van der Waals surface area (Å²) in [6.07, 6.45) is 0. The lowest BCUT2D eigenvalue weighted by atomic mass is 10.0. The summed E-state index contributed by atoms with van der Waals surface area (Å²) in [5.41, 5.74) is 2.22. The van der Waals surface area contributed by atoms with E-state index >= 15 is 0 Å². The minimum absolute atomic E-state index is 0.168. The second kappa shape index (κ2) is 5.25. The van der Waals surface area contributed by atoms with Gasteiger partial charge in [0.15, 0.2) is 0 Å². The van der Waals surface area contributed by atoms with Gasteiger partial charge in [0.2, 0.25) is 0 Å². The molecule has 20 heavy (non-hydrogen) atoms. The first-order chi connectivity index (χ1) is 9.35. The van der Waals surface area contributed by atoms with Crippen LogP contribution in [0.1, 0.15) is 23.6 Å². The first-order valence-corrected chi connectivity index (χ1v) is 6.56. The zero-order valence-corrected chi connectivity index (χ0v) is 12.3. The fourth-order valence-electron chi connectivity index (χ4n) is 2.62. The zero-order valence-electron chi connectivity index (χ0n) is 12.3. The van der Waals surface area contributed by atoms with E-state index in [0.717, 1.165) is 16.7 Å². The highest BCUT2D eigenvalue weighted by Gasteiger charge is 2.47. The summed E-state index contributed by atoms with van der Waals surface area (Å²) in [6, 6.07) is 5.66. The van der Waals surface area contributed by atoms with Crippen molar-refractivity contribution in [1.82, 2.24) is 10.2 Å². The topological polar surface area (TPSA) is 58.6 Å². The van der Waals surface area contributed by atoms with E-state index in [-0.39, 0.29) is 25.1 Å². The van der Waals surface area contributed by atoms with Gasteiger partial charge in [-0.3, -0.25) is 9.69 Å². The van der Waals surface area contributed by atoms with E-state index in [0.29, 0.717) is 0 Å². The molecule has 1 aromatic rings. The highest BCUT2D eigenvalue weighted by Crippen LogP contribution is 2.21. The first-order valence-electron chi connectivity index (χ1n) is 6.56. The third-order valence-corrected chi connectivity index (χ3v) is 3.40. The highest BCUT2D eigenvalue weighted by molar-refractivity contribution is 6.06. The summed E-state index contributed by atoms with van der Waals surface area (Å²) in [4.78, 5) is 25.6. The van der Waals surface area contributed by atoms with Crippen molar-refractivity contribution in [3.8, 4) is 0 Å². The van der Waals surface area contributed by atoms with Gasteiger partial charge in [0.1, 0.15) is 5.54 Å². The number of ether oxygens (including phenoxy) is 1. The molecule has 108 valence electrons. The van der Waals surface area contributed by atoms with Crippen LogP contribution in [0.25, 0.3) is 0 Å². The number of amides is 3. The summed E-state index contributed by atoms with van der Waals surface area (Å²) < 4.78 is 5.02. The van der Waals surface area contributed by atoms with Crippen molar-refractivity contribution in [1.29, 1.82) is 0 Å². The molecular formula is C15H20N2O3. The molecule has 1 aliphatic rings. The third kappa shape index (κ3) is 2.67. The monoisotopic (exact) mass is 276 g/mol. The van der Waals surface area contributed by atoms with Crippen LogP contribution >= 0.6 is 0 Å². The Morgan fingerprint density at radius 2 is 1.80 bits per heavy atom. The molecule has 0 radical (unpaired) electrons. The average molecular weight is 276 g/mol. The lowest BCUT2D eigenvalue weighted by Crippen LogP contribution is -2.47. The van der Waals surface area contributed by atoms with E-state index < -0.39 is 5.54 Å². The van der Waals surface area contributed by atoms with Crippen LogP contribution in [0, 0.1) is 13.8 Å². The van der Waals surface area contributed by atoms with Crippen molar-refractivity contribution < 1.29 is 14.3 Å². The van der Waals surface area contributed by atoms with Crippen molar-refractivity contribution in [3.63, 3.8) is 0 Å². The van der Waals surface area contributed by atoms with E-state index in [1.165, 1.54) is 12.0 Å². The standard InChI is InChI=1S/C15H20N2O3/c1-10-5-11(2)7-12(6-10)8-17-13(18)15(3,9-20-4)16-14(17)19/h5-7H,8-9H2,1-4H3,(H,16,19). The van der Waals surface area contributed by atoms with Gasteiger partial charge in [0.05, 0.1) is 13.2 Å². The number of carbonyl (C=O) groups is 2. The van der Waals surface area contributed by atoms with Gasteiger partial charge >= 0.3 is 6.03 Å². The number of rotatable bonds is 4. The number of nitrogens with one attached hydrogen (secondary N) is 1. The molecule has 2 rings (SSSR count). The molecule has 1 heterocycles. The maximum absolute atomic E-state index is 12.4. The van der Waals surface area contributed by atoms with E-state index in [1.807, 2.05) is 26.0 Å². The minimum Gasteiger partial charge on any atom is -0.382 e. The molecule has 5 nitrogen and oxygen atoms in total. The molecule has 0 aliphatic carbocycles. The summed E-state index contributed by atoms with van der Waals surface area (Å²) >= 11 is 0. The van der Waals surface area contributed by atoms with Crippen LogP contribution in [-0.2, 0) is 16.1 Å². The summed E-state index contributed by atoms with van der Waals surface area (Å²) in [5.74, 6) is -0.247. The normalized spacial score (nSPS) is 22.3. The molecular weight excluding hydrogens is 256 g/mol. The Hall–Kier alpha value is -1.88. The Morgan fingerprint density at radius 1 is 1.20 bits per heavy atom. The van der Waals surface area contributed by atoms with Gasteiger partial charge in [-0.1, -0.05) is 29.3 Å². The smallest absolute Gasteiger partial charge is 0.325 e. The molecule has 1 fully saturated rings. The minimum atomic E-state index is -0.968. The van der Waals surface area contributed by atoms with Gasteiger partial charge in [-0.2, -0.15) is 0 Å².